The van der Waals surface area contributed by atoms with Gasteiger partial charge in [0, 0.05) is 17.5 Å². The number of amides is 1. The van der Waals surface area contributed by atoms with E-state index in [9.17, 15) is 23.2 Å². The van der Waals surface area contributed by atoms with Crippen molar-refractivity contribution in [2.45, 2.75) is 90.4 Å². The summed E-state index contributed by atoms with van der Waals surface area (Å²) >= 11 is 0. The number of nitrogens with two attached hydrogens (primary N) is 1. The number of pyridine rings is 3. The van der Waals surface area contributed by atoms with Gasteiger partial charge in [-0.15, -0.1) is 0 Å². The van der Waals surface area contributed by atoms with Gasteiger partial charge in [-0.1, -0.05) is 0 Å². The molecular weight excluding hydrogens is 582 g/mol. The van der Waals surface area contributed by atoms with Crippen LogP contribution in [0.15, 0.2) is 6.07 Å². The molecule has 0 saturated carbocycles. The number of carbonyl (C=O) groups is 1. The first-order valence-electron chi connectivity index (χ1n) is 14.2. The minimum Gasteiger partial charge on any atom is -0.472 e. The summed E-state index contributed by atoms with van der Waals surface area (Å²) in [6, 6.07) is 1.81. The SMILES string of the molecule is Cc1nc(N)cc(-c2nc3c4c(nc(C#N)c(C)c4c2F)N2C[C@H]4CC[C@@H]([C@H]2[C@H](C)O3)N4C(=O)OC(C)(C)C)c1C(F)(F)F. The number of halogens is 4. The summed E-state index contributed by atoms with van der Waals surface area (Å²) in [6.07, 6.45) is -4.72. The molecule has 2 N–H and O–H groups in total. The molecule has 3 aliphatic heterocycles. The standard InChI is InChI=1S/C30H31F4N7O3/c1-12-17(10-35)38-26-21-20(12)23(31)24(16-9-19(36)37-13(2)22(16)30(32,33)34)39-27(21)43-14(3)25-18-8-7-15(11-40(25)26)41(18)28(42)44-29(4,5)6/h9,14-15,18,25H,7-8,11H2,1-6H3,(H2,36,37)/t14-,15+,18-,25+/m0/s1. The summed E-state index contributed by atoms with van der Waals surface area (Å²) in [5.41, 5.74) is 2.30. The van der Waals surface area contributed by atoms with E-state index in [1.54, 1.807) is 32.6 Å². The molecule has 0 aliphatic carbocycles. The van der Waals surface area contributed by atoms with Crippen LogP contribution in [0.25, 0.3) is 22.0 Å². The molecular formula is C30H31F4N7O3. The van der Waals surface area contributed by atoms with Crippen LogP contribution in [0, 0.1) is 31.0 Å². The number of hydrogen-bond donors (Lipinski definition) is 1. The van der Waals surface area contributed by atoms with Gasteiger partial charge in [0.2, 0.25) is 5.88 Å². The second kappa shape index (κ2) is 9.80. The van der Waals surface area contributed by atoms with Crippen molar-refractivity contribution in [1.29, 1.82) is 5.26 Å². The van der Waals surface area contributed by atoms with Crippen molar-refractivity contribution in [1.82, 2.24) is 19.9 Å². The van der Waals surface area contributed by atoms with Crippen LogP contribution >= 0.6 is 0 Å². The summed E-state index contributed by atoms with van der Waals surface area (Å²) in [4.78, 5) is 29.7. The minimum absolute atomic E-state index is 0.0915. The number of hydrogen-bond acceptors (Lipinski definition) is 9. The lowest BCUT2D eigenvalue weighted by molar-refractivity contribution is -0.137. The normalized spacial score (nSPS) is 22.8. The van der Waals surface area contributed by atoms with Crippen LogP contribution in [0.1, 0.15) is 63.1 Å². The molecule has 2 bridgehead atoms. The van der Waals surface area contributed by atoms with Crippen LogP contribution in [0.5, 0.6) is 5.88 Å². The maximum Gasteiger partial charge on any atom is 0.418 e. The van der Waals surface area contributed by atoms with Crippen LogP contribution < -0.4 is 15.4 Å². The molecule has 6 rings (SSSR count). The molecule has 3 aromatic heterocycles. The van der Waals surface area contributed by atoms with Gasteiger partial charge >= 0.3 is 12.3 Å². The number of aryl methyl sites for hydroxylation is 2. The molecule has 14 heteroatoms. The van der Waals surface area contributed by atoms with Gasteiger partial charge in [-0.2, -0.15) is 18.4 Å². The van der Waals surface area contributed by atoms with Crippen LogP contribution in [0.2, 0.25) is 0 Å². The highest BCUT2D eigenvalue weighted by Crippen LogP contribution is 2.49. The molecule has 2 saturated heterocycles. The van der Waals surface area contributed by atoms with E-state index in [-0.39, 0.29) is 51.6 Å². The fourth-order valence-electron chi connectivity index (χ4n) is 6.91. The molecule has 0 radical (unpaired) electrons. The number of nitriles is 1. The van der Waals surface area contributed by atoms with Gasteiger partial charge in [-0.3, -0.25) is 4.90 Å². The highest BCUT2D eigenvalue weighted by molar-refractivity contribution is 6.02. The molecule has 6 heterocycles. The summed E-state index contributed by atoms with van der Waals surface area (Å²) in [5.74, 6) is -1.21. The third kappa shape index (κ3) is 4.51. The van der Waals surface area contributed by atoms with Gasteiger partial charge in [0.15, 0.2) is 5.82 Å². The van der Waals surface area contributed by atoms with E-state index in [0.717, 1.165) is 13.0 Å². The Hall–Kier alpha value is -4.41. The molecule has 0 unspecified atom stereocenters. The number of piperazine rings is 1. The van der Waals surface area contributed by atoms with E-state index in [0.29, 0.717) is 19.4 Å². The Morgan fingerprint density at radius 3 is 2.50 bits per heavy atom. The molecule has 0 aromatic carbocycles. The van der Waals surface area contributed by atoms with Crippen molar-refractivity contribution in [2.24, 2.45) is 0 Å². The summed E-state index contributed by atoms with van der Waals surface area (Å²) in [5, 5.41) is 10.0. The van der Waals surface area contributed by atoms with Crippen molar-refractivity contribution < 1.29 is 31.8 Å². The molecule has 4 atom stereocenters. The van der Waals surface area contributed by atoms with Crippen molar-refractivity contribution in [3.63, 3.8) is 0 Å². The lowest BCUT2D eigenvalue weighted by atomic mass is 9.96. The number of nitrogen functional groups attached to an aromatic ring is 1. The molecule has 3 aliphatic rings. The first-order chi connectivity index (χ1) is 20.5. The minimum atomic E-state index is -4.90. The highest BCUT2D eigenvalue weighted by atomic mass is 19.4. The van der Waals surface area contributed by atoms with Gasteiger partial charge in [-0.05, 0) is 66.0 Å². The number of nitrogens with zero attached hydrogens (tertiary/aromatic N) is 6. The first-order valence-corrected chi connectivity index (χ1v) is 14.2. The molecule has 232 valence electrons. The molecule has 1 amide bonds. The van der Waals surface area contributed by atoms with Crippen molar-refractivity contribution in [2.75, 3.05) is 17.2 Å². The van der Waals surface area contributed by atoms with Crippen LogP contribution in [0.3, 0.4) is 0 Å². The Morgan fingerprint density at radius 1 is 1.16 bits per heavy atom. The fourth-order valence-corrected chi connectivity index (χ4v) is 6.91. The number of rotatable bonds is 1. The first kappa shape index (κ1) is 29.7. The third-order valence-corrected chi connectivity index (χ3v) is 8.50. The average Bonchev–Trinajstić information content (AvgIpc) is 3.14. The zero-order valence-electron chi connectivity index (χ0n) is 25.0. The predicted molar refractivity (Wildman–Crippen MR) is 152 cm³/mol. The summed E-state index contributed by atoms with van der Waals surface area (Å²) in [6.45, 7) is 10.0. The van der Waals surface area contributed by atoms with Gasteiger partial charge in [0.25, 0.3) is 0 Å². The van der Waals surface area contributed by atoms with Crippen molar-refractivity contribution in [3.8, 4) is 23.2 Å². The fraction of sp³-hybridized carbons (Fsp3) is 0.500. The van der Waals surface area contributed by atoms with Crippen LogP contribution in [-0.2, 0) is 10.9 Å². The maximum absolute atomic E-state index is 16.7. The van der Waals surface area contributed by atoms with E-state index in [1.165, 1.54) is 6.92 Å². The largest absolute Gasteiger partial charge is 0.472 e. The zero-order chi connectivity index (χ0) is 32.0. The van der Waals surface area contributed by atoms with Crippen LogP contribution in [0.4, 0.5) is 34.0 Å². The van der Waals surface area contributed by atoms with Crippen molar-refractivity contribution in [3.05, 3.63) is 34.4 Å². The van der Waals surface area contributed by atoms with Crippen molar-refractivity contribution >= 4 is 28.5 Å². The topological polar surface area (TPSA) is 130 Å². The van der Waals surface area contributed by atoms with E-state index >= 15 is 4.39 Å². The molecule has 3 aromatic rings. The van der Waals surface area contributed by atoms with E-state index < -0.39 is 58.3 Å². The monoisotopic (exact) mass is 613 g/mol. The van der Waals surface area contributed by atoms with Crippen LogP contribution in [-0.4, -0.2) is 62.3 Å². The Bertz CT molecular complexity index is 1770. The third-order valence-electron chi connectivity index (χ3n) is 8.50. The quantitative estimate of drug-likeness (QED) is 0.346. The lowest BCUT2D eigenvalue weighted by Crippen LogP contribution is -2.65. The molecule has 44 heavy (non-hydrogen) atoms. The van der Waals surface area contributed by atoms with Gasteiger partial charge in [0.1, 0.15) is 40.8 Å². The summed E-state index contributed by atoms with van der Waals surface area (Å²) < 4.78 is 71.6. The number of anilines is 2. The van der Waals surface area contributed by atoms with Gasteiger partial charge in [-0.25, -0.2) is 24.1 Å². The number of alkyl halides is 3. The number of fused-ring (bicyclic) bond motifs is 5. The number of ether oxygens (including phenoxy) is 2. The maximum atomic E-state index is 16.7. The predicted octanol–water partition coefficient (Wildman–Crippen LogP) is 5.66. The van der Waals surface area contributed by atoms with E-state index in [4.69, 9.17) is 15.2 Å². The molecule has 0 spiro atoms. The Kier molecular flexibility index (Phi) is 6.60. The number of aromatic nitrogens is 3. The zero-order valence-corrected chi connectivity index (χ0v) is 25.0. The molecule has 10 nitrogen and oxygen atoms in total. The summed E-state index contributed by atoms with van der Waals surface area (Å²) in [7, 11) is 0. The van der Waals surface area contributed by atoms with E-state index in [1.807, 2.05) is 11.0 Å². The lowest BCUT2D eigenvalue weighted by Gasteiger charge is -2.48. The second-order valence-corrected chi connectivity index (χ2v) is 12.6. The Labute approximate surface area is 250 Å². The van der Waals surface area contributed by atoms with E-state index in [2.05, 4.69) is 15.0 Å². The smallest absolute Gasteiger partial charge is 0.418 e. The Morgan fingerprint density at radius 2 is 1.86 bits per heavy atom. The molecule has 2 fully saturated rings. The van der Waals surface area contributed by atoms with Gasteiger partial charge in [0.05, 0.1) is 34.8 Å². The Balaban J connectivity index is 1.59. The second-order valence-electron chi connectivity index (χ2n) is 12.6. The number of carbonyl (C=O) groups excluding carboxylic acids is 1. The average molecular weight is 614 g/mol. The highest BCUT2D eigenvalue weighted by Gasteiger charge is 2.54. The van der Waals surface area contributed by atoms with Gasteiger partial charge < -0.3 is 20.1 Å².